The lowest BCUT2D eigenvalue weighted by molar-refractivity contribution is 0.503. The molecule has 0 amide bonds. The lowest BCUT2D eigenvalue weighted by atomic mass is 10.3. The molecular weight excluding hydrogens is 244 g/mol. The van der Waals surface area contributed by atoms with Crippen LogP contribution < -0.4 is 0 Å². The molecule has 2 aromatic heterocycles. The maximum atomic E-state index is 5.61. The molecule has 0 saturated heterocycles. The highest BCUT2D eigenvalue weighted by Crippen LogP contribution is 2.29. The van der Waals surface area contributed by atoms with Gasteiger partial charge in [-0.3, -0.25) is 0 Å². The van der Waals surface area contributed by atoms with Gasteiger partial charge < -0.3 is 4.42 Å². The van der Waals surface area contributed by atoms with E-state index >= 15 is 0 Å². The second-order valence-electron chi connectivity index (χ2n) is 3.64. The van der Waals surface area contributed by atoms with Crippen molar-refractivity contribution in [1.29, 1.82) is 0 Å². The molecule has 0 saturated carbocycles. The van der Waals surface area contributed by atoms with Gasteiger partial charge in [0, 0.05) is 17.2 Å². The fourth-order valence-electron chi connectivity index (χ4n) is 1.35. The maximum Gasteiger partial charge on any atom is 0.257 e. The van der Waals surface area contributed by atoms with Crippen LogP contribution >= 0.6 is 22.9 Å². The van der Waals surface area contributed by atoms with Gasteiger partial charge in [-0.2, -0.15) is 0 Å². The highest BCUT2D eigenvalue weighted by molar-refractivity contribution is 7.15. The van der Waals surface area contributed by atoms with Crippen LogP contribution in [-0.2, 0) is 6.42 Å². The van der Waals surface area contributed by atoms with Gasteiger partial charge in [0.15, 0.2) is 0 Å². The molecular formula is C11H13ClN2OS. The van der Waals surface area contributed by atoms with Gasteiger partial charge >= 0.3 is 0 Å². The lowest BCUT2D eigenvalue weighted by Gasteiger charge is -1.89. The van der Waals surface area contributed by atoms with Crippen LogP contribution in [0.4, 0.5) is 0 Å². The highest BCUT2D eigenvalue weighted by Gasteiger charge is 2.11. The molecule has 3 nitrogen and oxygen atoms in total. The Labute approximate surface area is 103 Å². The molecule has 0 aliphatic rings. The topological polar surface area (TPSA) is 38.9 Å². The first-order chi connectivity index (χ1) is 7.70. The minimum absolute atomic E-state index is 0.616. The van der Waals surface area contributed by atoms with E-state index < -0.39 is 0 Å². The first kappa shape index (κ1) is 11.6. The molecule has 0 fully saturated rings. The van der Waals surface area contributed by atoms with Crippen LogP contribution in [0, 0.1) is 13.8 Å². The Morgan fingerprint density at radius 1 is 1.38 bits per heavy atom. The number of aromatic nitrogens is 2. The molecule has 0 spiro atoms. The number of rotatable bonds is 4. The molecule has 2 aromatic rings. The van der Waals surface area contributed by atoms with Crippen LogP contribution in [0.5, 0.6) is 0 Å². The zero-order valence-corrected chi connectivity index (χ0v) is 10.9. The van der Waals surface area contributed by atoms with Gasteiger partial charge in [-0.15, -0.1) is 33.1 Å². The fourth-order valence-corrected chi connectivity index (χ4v) is 2.44. The molecule has 0 aliphatic carbocycles. The Balaban J connectivity index is 2.18. The third-order valence-corrected chi connectivity index (χ3v) is 3.78. The third kappa shape index (κ3) is 2.44. The largest absolute Gasteiger partial charge is 0.420 e. The number of hydrogen-bond acceptors (Lipinski definition) is 4. The quantitative estimate of drug-likeness (QED) is 0.785. The molecule has 16 heavy (non-hydrogen) atoms. The third-order valence-electron chi connectivity index (χ3n) is 2.37. The van der Waals surface area contributed by atoms with Gasteiger partial charge in [-0.1, -0.05) is 0 Å². The van der Waals surface area contributed by atoms with Crippen molar-refractivity contribution in [2.24, 2.45) is 0 Å². The van der Waals surface area contributed by atoms with Crippen LogP contribution in [0.1, 0.15) is 22.8 Å². The Morgan fingerprint density at radius 2 is 2.19 bits per heavy atom. The van der Waals surface area contributed by atoms with Crippen molar-refractivity contribution in [3.63, 3.8) is 0 Å². The predicted octanol–water partition coefficient (Wildman–Crippen LogP) is 3.59. The summed E-state index contributed by atoms with van der Waals surface area (Å²) >= 11 is 7.29. The van der Waals surface area contributed by atoms with Crippen LogP contribution in [0.2, 0.25) is 0 Å². The van der Waals surface area contributed by atoms with E-state index in [9.17, 15) is 0 Å². The predicted molar refractivity (Wildman–Crippen MR) is 66.1 cm³/mol. The fraction of sp³-hybridized carbons (Fsp3) is 0.455. The Bertz CT molecular complexity index is 459. The average Bonchev–Trinajstić information content (AvgIpc) is 2.84. The summed E-state index contributed by atoms with van der Waals surface area (Å²) in [5.74, 6) is 1.90. The molecule has 0 aliphatic heterocycles. The first-order valence-corrected chi connectivity index (χ1v) is 6.51. The summed E-state index contributed by atoms with van der Waals surface area (Å²) in [6.45, 7) is 4.17. The van der Waals surface area contributed by atoms with E-state index in [0.29, 0.717) is 17.7 Å². The zero-order valence-electron chi connectivity index (χ0n) is 9.29. The first-order valence-electron chi connectivity index (χ1n) is 5.16. The van der Waals surface area contributed by atoms with Crippen molar-refractivity contribution in [2.75, 3.05) is 5.88 Å². The Morgan fingerprint density at radius 3 is 2.81 bits per heavy atom. The smallest absolute Gasteiger partial charge is 0.257 e. The molecule has 0 unspecified atom stereocenters. The summed E-state index contributed by atoms with van der Waals surface area (Å²) in [5, 5.41) is 8.04. The second kappa shape index (κ2) is 4.97. The molecule has 2 heterocycles. The van der Waals surface area contributed by atoms with Crippen LogP contribution in [0.25, 0.3) is 10.8 Å². The van der Waals surface area contributed by atoms with E-state index in [1.54, 1.807) is 11.3 Å². The summed E-state index contributed by atoms with van der Waals surface area (Å²) in [4.78, 5) is 2.33. The molecule has 0 atom stereocenters. The van der Waals surface area contributed by atoms with Crippen LogP contribution in [0.3, 0.4) is 0 Å². The zero-order chi connectivity index (χ0) is 11.5. The number of thiophene rings is 1. The molecule has 0 radical (unpaired) electrons. The molecule has 0 bridgehead atoms. The van der Waals surface area contributed by atoms with Crippen LogP contribution in [0.15, 0.2) is 10.5 Å². The van der Waals surface area contributed by atoms with E-state index in [2.05, 4.69) is 30.1 Å². The van der Waals surface area contributed by atoms with Gasteiger partial charge in [0.2, 0.25) is 5.89 Å². The van der Waals surface area contributed by atoms with Crippen molar-refractivity contribution >= 4 is 22.9 Å². The van der Waals surface area contributed by atoms with Crippen LogP contribution in [-0.4, -0.2) is 16.1 Å². The minimum atomic E-state index is 0.616. The summed E-state index contributed by atoms with van der Waals surface area (Å²) in [6, 6.07) is 2.08. The standard InChI is InChI=1S/C11H13ClN2OS/c1-7-6-9(16-8(7)2)11-14-13-10(15-11)4-3-5-12/h6H,3-5H2,1-2H3. The summed E-state index contributed by atoms with van der Waals surface area (Å²) < 4.78 is 5.57. The molecule has 2 rings (SSSR count). The van der Waals surface area contributed by atoms with E-state index in [1.165, 1.54) is 10.4 Å². The van der Waals surface area contributed by atoms with Crippen molar-refractivity contribution in [1.82, 2.24) is 10.2 Å². The Hall–Kier alpha value is -0.870. The SMILES string of the molecule is Cc1cc(-c2nnc(CCCCl)o2)sc1C. The summed E-state index contributed by atoms with van der Waals surface area (Å²) in [6.07, 6.45) is 1.62. The molecule has 5 heteroatoms. The normalized spacial score (nSPS) is 10.9. The lowest BCUT2D eigenvalue weighted by Crippen LogP contribution is -1.85. The maximum absolute atomic E-state index is 5.61. The van der Waals surface area contributed by atoms with E-state index in [-0.39, 0.29) is 0 Å². The number of alkyl halides is 1. The molecule has 0 aromatic carbocycles. The number of aryl methyl sites for hydroxylation is 3. The van der Waals surface area contributed by atoms with Gasteiger partial charge in [-0.05, 0) is 31.9 Å². The van der Waals surface area contributed by atoms with E-state index in [1.807, 2.05) is 0 Å². The minimum Gasteiger partial charge on any atom is -0.420 e. The van der Waals surface area contributed by atoms with Gasteiger partial charge in [0.1, 0.15) is 0 Å². The summed E-state index contributed by atoms with van der Waals surface area (Å²) in [7, 11) is 0. The van der Waals surface area contributed by atoms with Gasteiger partial charge in [0.25, 0.3) is 5.89 Å². The molecule has 86 valence electrons. The Kier molecular flexibility index (Phi) is 3.61. The van der Waals surface area contributed by atoms with E-state index in [4.69, 9.17) is 16.0 Å². The second-order valence-corrected chi connectivity index (χ2v) is 5.28. The number of nitrogens with zero attached hydrogens (tertiary/aromatic N) is 2. The average molecular weight is 257 g/mol. The molecule has 0 N–H and O–H groups in total. The van der Waals surface area contributed by atoms with Crippen molar-refractivity contribution < 1.29 is 4.42 Å². The monoisotopic (exact) mass is 256 g/mol. The number of hydrogen-bond donors (Lipinski definition) is 0. The van der Waals surface area contributed by atoms with Gasteiger partial charge in [0.05, 0.1) is 4.88 Å². The van der Waals surface area contributed by atoms with Crippen molar-refractivity contribution in [3.8, 4) is 10.8 Å². The summed E-state index contributed by atoms with van der Waals surface area (Å²) in [5.41, 5.74) is 1.26. The highest BCUT2D eigenvalue weighted by atomic mass is 35.5. The van der Waals surface area contributed by atoms with Crippen molar-refractivity contribution in [2.45, 2.75) is 26.7 Å². The van der Waals surface area contributed by atoms with E-state index in [0.717, 1.165) is 17.7 Å². The van der Waals surface area contributed by atoms with Gasteiger partial charge in [-0.25, -0.2) is 0 Å². The number of halogens is 1. The van der Waals surface area contributed by atoms with Crippen molar-refractivity contribution in [3.05, 3.63) is 22.4 Å².